The highest BCUT2D eigenvalue weighted by molar-refractivity contribution is 5.59. The Morgan fingerprint density at radius 2 is 2.00 bits per heavy atom. The van der Waals surface area contributed by atoms with Crippen molar-refractivity contribution in [3.63, 3.8) is 0 Å². The number of aromatic nitrogens is 2. The Labute approximate surface area is 162 Å². The summed E-state index contributed by atoms with van der Waals surface area (Å²) in [5, 5.41) is 0. The molecule has 5 nitrogen and oxygen atoms in total. The minimum atomic E-state index is 0.539. The maximum absolute atomic E-state index is 5.47. The molecule has 2 saturated heterocycles. The number of benzene rings is 1. The van der Waals surface area contributed by atoms with Gasteiger partial charge in [0.25, 0.3) is 0 Å². The number of methoxy groups -OCH3 is 2. The van der Waals surface area contributed by atoms with Crippen molar-refractivity contribution in [2.45, 2.75) is 51.3 Å². The van der Waals surface area contributed by atoms with Gasteiger partial charge >= 0.3 is 0 Å². The van der Waals surface area contributed by atoms with Gasteiger partial charge in [0.15, 0.2) is 0 Å². The molecular formula is C22H31N3O2. The van der Waals surface area contributed by atoms with Crippen molar-refractivity contribution in [3.05, 3.63) is 36.2 Å². The highest BCUT2D eigenvalue weighted by Crippen LogP contribution is 2.33. The molecule has 0 unspecified atom stereocenters. The van der Waals surface area contributed by atoms with Gasteiger partial charge in [-0.1, -0.05) is 6.42 Å². The van der Waals surface area contributed by atoms with Crippen LogP contribution in [0.4, 0.5) is 0 Å². The number of ether oxygens (including phenoxy) is 2. The van der Waals surface area contributed by atoms with Crippen LogP contribution >= 0.6 is 0 Å². The predicted molar refractivity (Wildman–Crippen MR) is 107 cm³/mol. The van der Waals surface area contributed by atoms with Crippen molar-refractivity contribution >= 4 is 0 Å². The van der Waals surface area contributed by atoms with Crippen LogP contribution in [0.2, 0.25) is 0 Å². The maximum atomic E-state index is 5.47. The molecule has 0 aliphatic carbocycles. The fourth-order valence-electron chi connectivity index (χ4n) is 4.95. The minimum absolute atomic E-state index is 0.539. The summed E-state index contributed by atoms with van der Waals surface area (Å²) in [5.41, 5.74) is 2.19. The molecule has 27 heavy (non-hydrogen) atoms. The van der Waals surface area contributed by atoms with Gasteiger partial charge in [-0.25, -0.2) is 4.98 Å². The van der Waals surface area contributed by atoms with Crippen molar-refractivity contribution in [2.75, 3.05) is 27.3 Å². The van der Waals surface area contributed by atoms with E-state index in [2.05, 4.69) is 32.8 Å². The summed E-state index contributed by atoms with van der Waals surface area (Å²) in [6.07, 6.45) is 10.8. The molecule has 0 amide bonds. The molecule has 2 aromatic rings. The summed E-state index contributed by atoms with van der Waals surface area (Å²) in [5.74, 6) is 2.63. The lowest BCUT2D eigenvalue weighted by Gasteiger charge is -2.44. The van der Waals surface area contributed by atoms with Crippen molar-refractivity contribution in [1.82, 2.24) is 14.5 Å². The zero-order valence-electron chi connectivity index (χ0n) is 16.6. The van der Waals surface area contributed by atoms with Crippen molar-refractivity contribution in [1.29, 1.82) is 0 Å². The summed E-state index contributed by atoms with van der Waals surface area (Å²) in [6, 6.07) is 7.02. The van der Waals surface area contributed by atoms with Crippen LogP contribution in [0.5, 0.6) is 5.75 Å². The van der Waals surface area contributed by atoms with E-state index in [9.17, 15) is 0 Å². The molecular weight excluding hydrogens is 338 g/mol. The van der Waals surface area contributed by atoms with E-state index in [-0.39, 0.29) is 0 Å². The number of imidazole rings is 1. The average molecular weight is 370 g/mol. The normalized spacial score (nSPS) is 23.2. The monoisotopic (exact) mass is 369 g/mol. The molecule has 2 aliphatic heterocycles. The van der Waals surface area contributed by atoms with Gasteiger partial charge in [0, 0.05) is 43.2 Å². The quantitative estimate of drug-likeness (QED) is 0.772. The van der Waals surface area contributed by atoms with E-state index in [0.29, 0.717) is 6.61 Å². The molecule has 5 heteroatoms. The predicted octanol–water partition coefficient (Wildman–Crippen LogP) is 3.97. The molecule has 1 aromatic carbocycles. The van der Waals surface area contributed by atoms with Crippen LogP contribution in [0.1, 0.15) is 37.7 Å². The van der Waals surface area contributed by atoms with Crippen LogP contribution in [0.25, 0.3) is 11.4 Å². The van der Waals surface area contributed by atoms with Crippen LogP contribution in [-0.4, -0.2) is 47.8 Å². The SMILES string of the molecule is COCc1cc(-c2nccn2C[C@@H]2CCCN3CCCC[C@H]23)ccc1OC. The van der Waals surface area contributed by atoms with Crippen molar-refractivity contribution in [3.8, 4) is 17.1 Å². The third-order valence-corrected chi connectivity index (χ3v) is 6.21. The first-order chi connectivity index (χ1) is 13.3. The van der Waals surface area contributed by atoms with E-state index < -0.39 is 0 Å². The zero-order valence-corrected chi connectivity index (χ0v) is 16.6. The molecule has 146 valence electrons. The topological polar surface area (TPSA) is 39.5 Å². The first-order valence-electron chi connectivity index (χ1n) is 10.2. The maximum Gasteiger partial charge on any atom is 0.139 e. The zero-order chi connectivity index (χ0) is 18.6. The molecule has 0 radical (unpaired) electrons. The fourth-order valence-corrected chi connectivity index (χ4v) is 4.95. The van der Waals surface area contributed by atoms with Gasteiger partial charge in [-0.2, -0.15) is 0 Å². The molecule has 0 saturated carbocycles. The number of nitrogens with zero attached hydrogens (tertiary/aromatic N) is 3. The van der Waals surface area contributed by atoms with Gasteiger partial charge in [0.1, 0.15) is 11.6 Å². The number of piperidine rings is 2. The molecule has 0 spiro atoms. The van der Waals surface area contributed by atoms with Crippen LogP contribution in [0.3, 0.4) is 0 Å². The van der Waals surface area contributed by atoms with Gasteiger partial charge in [0.05, 0.1) is 13.7 Å². The number of rotatable bonds is 6. The Hall–Kier alpha value is -1.85. The second-order valence-electron chi connectivity index (χ2n) is 7.86. The summed E-state index contributed by atoms with van der Waals surface area (Å²) in [4.78, 5) is 7.41. The first kappa shape index (κ1) is 18.5. The third kappa shape index (κ3) is 3.90. The molecule has 0 N–H and O–H groups in total. The van der Waals surface area contributed by atoms with Crippen LogP contribution < -0.4 is 4.74 Å². The van der Waals surface area contributed by atoms with Gasteiger partial charge in [-0.3, -0.25) is 0 Å². The van der Waals surface area contributed by atoms with Gasteiger partial charge in [0.2, 0.25) is 0 Å². The van der Waals surface area contributed by atoms with E-state index in [1.165, 1.54) is 45.2 Å². The Balaban J connectivity index is 1.57. The molecule has 2 fully saturated rings. The minimum Gasteiger partial charge on any atom is -0.496 e. The lowest BCUT2D eigenvalue weighted by molar-refractivity contribution is 0.0521. The number of hydrogen-bond donors (Lipinski definition) is 0. The second-order valence-corrected chi connectivity index (χ2v) is 7.86. The van der Waals surface area contributed by atoms with E-state index in [1.54, 1.807) is 14.2 Å². The summed E-state index contributed by atoms with van der Waals surface area (Å²) in [6.45, 7) is 4.17. The Bertz CT molecular complexity index is 756. The summed E-state index contributed by atoms with van der Waals surface area (Å²) < 4.78 is 13.2. The molecule has 1 aromatic heterocycles. The second kappa shape index (κ2) is 8.44. The highest BCUT2D eigenvalue weighted by Gasteiger charge is 2.33. The highest BCUT2D eigenvalue weighted by atomic mass is 16.5. The largest absolute Gasteiger partial charge is 0.496 e. The first-order valence-corrected chi connectivity index (χ1v) is 10.2. The molecule has 2 aliphatic rings. The van der Waals surface area contributed by atoms with E-state index in [1.807, 2.05) is 12.3 Å². The fraction of sp³-hybridized carbons (Fsp3) is 0.591. The van der Waals surface area contributed by atoms with Gasteiger partial charge < -0.3 is 18.9 Å². The van der Waals surface area contributed by atoms with E-state index in [0.717, 1.165) is 41.2 Å². The molecule has 3 heterocycles. The van der Waals surface area contributed by atoms with Crippen LogP contribution in [-0.2, 0) is 17.9 Å². The molecule has 2 atom stereocenters. The lowest BCUT2D eigenvalue weighted by atomic mass is 9.83. The van der Waals surface area contributed by atoms with Gasteiger partial charge in [-0.15, -0.1) is 0 Å². The Kier molecular flexibility index (Phi) is 5.79. The van der Waals surface area contributed by atoms with Crippen molar-refractivity contribution in [2.24, 2.45) is 5.92 Å². The lowest BCUT2D eigenvalue weighted by Crippen LogP contribution is -2.49. The van der Waals surface area contributed by atoms with Crippen molar-refractivity contribution < 1.29 is 9.47 Å². The summed E-state index contributed by atoms with van der Waals surface area (Å²) in [7, 11) is 3.42. The Morgan fingerprint density at radius 3 is 2.85 bits per heavy atom. The number of fused-ring (bicyclic) bond motifs is 1. The third-order valence-electron chi connectivity index (χ3n) is 6.21. The molecule has 0 bridgehead atoms. The van der Waals surface area contributed by atoms with E-state index >= 15 is 0 Å². The van der Waals surface area contributed by atoms with Crippen LogP contribution in [0, 0.1) is 5.92 Å². The average Bonchev–Trinajstić information content (AvgIpc) is 3.17. The summed E-state index contributed by atoms with van der Waals surface area (Å²) >= 11 is 0. The Morgan fingerprint density at radius 1 is 1.11 bits per heavy atom. The smallest absolute Gasteiger partial charge is 0.139 e. The van der Waals surface area contributed by atoms with Gasteiger partial charge in [-0.05, 0) is 62.9 Å². The standard InChI is InChI=1S/C22H31N3O2/c1-26-16-19-14-17(8-9-21(19)27-2)22-23-10-13-25(22)15-18-6-5-12-24-11-4-3-7-20(18)24/h8-10,13-14,18,20H,3-7,11-12,15-16H2,1-2H3/t18-,20+/m0/s1. The molecule has 4 rings (SSSR count). The van der Waals surface area contributed by atoms with E-state index in [4.69, 9.17) is 9.47 Å². The van der Waals surface area contributed by atoms with Crippen LogP contribution in [0.15, 0.2) is 30.6 Å². The number of hydrogen-bond acceptors (Lipinski definition) is 4.